The number of carbonyl (C=O) groups is 1. The van der Waals surface area contributed by atoms with E-state index in [0.717, 1.165) is 5.56 Å². The van der Waals surface area contributed by atoms with Gasteiger partial charge in [0, 0.05) is 6.54 Å². The van der Waals surface area contributed by atoms with Gasteiger partial charge in [-0.05, 0) is 25.0 Å². The van der Waals surface area contributed by atoms with Gasteiger partial charge in [-0.2, -0.15) is 0 Å². The first-order valence-corrected chi connectivity index (χ1v) is 8.13. The highest BCUT2D eigenvalue weighted by atomic mass is 32.1. The number of fused-ring (bicyclic) bond motifs is 1. The molecule has 1 aromatic carbocycles. The van der Waals surface area contributed by atoms with E-state index in [1.165, 1.54) is 22.2 Å². The summed E-state index contributed by atoms with van der Waals surface area (Å²) >= 11 is 1.20. The number of ether oxygens (including phenoxy) is 1. The van der Waals surface area contributed by atoms with Crippen LogP contribution in [0.5, 0.6) is 0 Å². The van der Waals surface area contributed by atoms with Crippen molar-refractivity contribution in [1.82, 2.24) is 9.55 Å². The summed E-state index contributed by atoms with van der Waals surface area (Å²) in [5, 5.41) is 0.506. The second kappa shape index (κ2) is 6.34. The smallest absolute Gasteiger partial charge is 0.349 e. The molecule has 0 aliphatic carbocycles. The summed E-state index contributed by atoms with van der Waals surface area (Å²) in [7, 11) is 0. The van der Waals surface area contributed by atoms with Gasteiger partial charge >= 0.3 is 5.97 Å². The van der Waals surface area contributed by atoms with Gasteiger partial charge in [-0.25, -0.2) is 9.78 Å². The SMILES string of the molecule is CCn1cnc2sc(C(=O)OCc3ccccc3)c(C)c2c1=O. The lowest BCUT2D eigenvalue weighted by Crippen LogP contribution is -2.19. The van der Waals surface area contributed by atoms with Crippen LogP contribution in [0.15, 0.2) is 41.5 Å². The first-order valence-electron chi connectivity index (χ1n) is 7.31. The molecular weight excluding hydrogens is 312 g/mol. The number of rotatable bonds is 4. The normalized spacial score (nSPS) is 10.9. The highest BCUT2D eigenvalue weighted by Gasteiger charge is 2.20. The van der Waals surface area contributed by atoms with E-state index in [-0.39, 0.29) is 12.2 Å². The van der Waals surface area contributed by atoms with Crippen molar-refractivity contribution < 1.29 is 9.53 Å². The lowest BCUT2D eigenvalue weighted by atomic mass is 10.2. The van der Waals surface area contributed by atoms with E-state index in [2.05, 4.69) is 4.98 Å². The van der Waals surface area contributed by atoms with Gasteiger partial charge in [-0.15, -0.1) is 11.3 Å². The fourth-order valence-corrected chi connectivity index (χ4v) is 3.40. The van der Waals surface area contributed by atoms with Crippen molar-refractivity contribution in [2.75, 3.05) is 0 Å². The number of hydrogen-bond acceptors (Lipinski definition) is 5. The van der Waals surface area contributed by atoms with Gasteiger partial charge in [-0.1, -0.05) is 30.3 Å². The number of thiophene rings is 1. The average Bonchev–Trinajstić information content (AvgIpc) is 2.92. The van der Waals surface area contributed by atoms with Crippen LogP contribution in [0.3, 0.4) is 0 Å². The third kappa shape index (κ3) is 2.90. The molecule has 0 saturated carbocycles. The van der Waals surface area contributed by atoms with E-state index >= 15 is 0 Å². The molecule has 0 saturated heterocycles. The summed E-state index contributed by atoms with van der Waals surface area (Å²) in [6, 6.07) is 9.49. The summed E-state index contributed by atoms with van der Waals surface area (Å²) < 4.78 is 6.88. The topological polar surface area (TPSA) is 61.2 Å². The van der Waals surface area contributed by atoms with E-state index in [1.807, 2.05) is 37.3 Å². The summed E-state index contributed by atoms with van der Waals surface area (Å²) in [5.74, 6) is -0.420. The highest BCUT2D eigenvalue weighted by Crippen LogP contribution is 2.27. The Morgan fingerprint density at radius 2 is 2.04 bits per heavy atom. The third-order valence-corrected chi connectivity index (χ3v) is 4.84. The molecule has 0 fully saturated rings. The van der Waals surface area contributed by atoms with Gasteiger partial charge in [-0.3, -0.25) is 9.36 Å². The van der Waals surface area contributed by atoms with Crippen LogP contribution in [0.2, 0.25) is 0 Å². The van der Waals surface area contributed by atoms with Crippen molar-refractivity contribution in [1.29, 1.82) is 0 Å². The maximum absolute atomic E-state index is 12.4. The molecule has 0 amide bonds. The zero-order valence-corrected chi connectivity index (χ0v) is 13.7. The standard InChI is InChI=1S/C17H16N2O3S/c1-3-19-10-18-15-13(16(19)20)11(2)14(23-15)17(21)22-9-12-7-5-4-6-8-12/h4-8,10H,3,9H2,1-2H3. The summed E-state index contributed by atoms with van der Waals surface area (Å²) in [4.78, 5) is 30.0. The van der Waals surface area contributed by atoms with E-state index in [1.54, 1.807) is 6.92 Å². The Morgan fingerprint density at radius 3 is 2.74 bits per heavy atom. The van der Waals surface area contributed by atoms with Crippen molar-refractivity contribution in [3.63, 3.8) is 0 Å². The van der Waals surface area contributed by atoms with Crippen LogP contribution in [-0.2, 0) is 17.9 Å². The molecule has 23 heavy (non-hydrogen) atoms. The monoisotopic (exact) mass is 328 g/mol. The van der Waals surface area contributed by atoms with Crippen molar-refractivity contribution in [3.8, 4) is 0 Å². The number of aromatic nitrogens is 2. The van der Waals surface area contributed by atoms with Gasteiger partial charge in [0.15, 0.2) is 0 Å². The fourth-order valence-electron chi connectivity index (χ4n) is 2.37. The molecule has 118 valence electrons. The largest absolute Gasteiger partial charge is 0.457 e. The summed E-state index contributed by atoms with van der Waals surface area (Å²) in [5.41, 5.74) is 1.45. The summed E-state index contributed by atoms with van der Waals surface area (Å²) in [6.07, 6.45) is 1.51. The Hall–Kier alpha value is -2.47. The molecule has 0 unspecified atom stereocenters. The molecule has 0 N–H and O–H groups in total. The van der Waals surface area contributed by atoms with Gasteiger partial charge in [0.2, 0.25) is 0 Å². The van der Waals surface area contributed by atoms with Gasteiger partial charge in [0.25, 0.3) is 5.56 Å². The van der Waals surface area contributed by atoms with E-state index in [4.69, 9.17) is 4.74 Å². The molecule has 5 nitrogen and oxygen atoms in total. The minimum Gasteiger partial charge on any atom is -0.457 e. The molecular formula is C17H16N2O3S. The fraction of sp³-hybridized carbons (Fsp3) is 0.235. The van der Waals surface area contributed by atoms with Crippen LogP contribution in [0.4, 0.5) is 0 Å². The number of aryl methyl sites for hydroxylation is 2. The molecule has 0 aliphatic rings. The maximum atomic E-state index is 12.4. The molecule has 3 rings (SSSR count). The lowest BCUT2D eigenvalue weighted by Gasteiger charge is -2.04. The highest BCUT2D eigenvalue weighted by molar-refractivity contribution is 7.20. The molecule has 0 spiro atoms. The molecule has 6 heteroatoms. The van der Waals surface area contributed by atoms with Crippen molar-refractivity contribution in [3.05, 3.63) is 63.0 Å². The average molecular weight is 328 g/mol. The van der Waals surface area contributed by atoms with Gasteiger partial charge in [0.05, 0.1) is 11.7 Å². The second-order valence-electron chi connectivity index (χ2n) is 5.13. The minimum atomic E-state index is -0.420. The molecule has 2 aromatic heterocycles. The summed E-state index contributed by atoms with van der Waals surface area (Å²) in [6.45, 7) is 4.40. The van der Waals surface area contributed by atoms with E-state index in [9.17, 15) is 9.59 Å². The van der Waals surface area contributed by atoms with E-state index < -0.39 is 5.97 Å². The second-order valence-corrected chi connectivity index (χ2v) is 6.13. The van der Waals surface area contributed by atoms with Crippen LogP contribution < -0.4 is 5.56 Å². The third-order valence-electron chi connectivity index (χ3n) is 3.66. The zero-order chi connectivity index (χ0) is 16.4. The number of hydrogen-bond donors (Lipinski definition) is 0. The Kier molecular flexibility index (Phi) is 4.25. The molecule has 0 atom stereocenters. The zero-order valence-electron chi connectivity index (χ0n) is 12.9. The maximum Gasteiger partial charge on any atom is 0.349 e. The van der Waals surface area contributed by atoms with Crippen LogP contribution in [-0.4, -0.2) is 15.5 Å². The Morgan fingerprint density at radius 1 is 1.30 bits per heavy atom. The Balaban J connectivity index is 1.91. The number of nitrogens with zero attached hydrogens (tertiary/aromatic N) is 2. The molecule has 3 aromatic rings. The van der Waals surface area contributed by atoms with Crippen LogP contribution in [0.25, 0.3) is 10.2 Å². The Bertz CT molecular complexity index is 913. The first-order chi connectivity index (χ1) is 11.1. The predicted octanol–water partition coefficient (Wildman–Crippen LogP) is 3.14. The van der Waals surface area contributed by atoms with Gasteiger partial charge in [0.1, 0.15) is 16.3 Å². The van der Waals surface area contributed by atoms with Gasteiger partial charge < -0.3 is 4.74 Å². The van der Waals surface area contributed by atoms with Crippen LogP contribution >= 0.6 is 11.3 Å². The molecule has 0 radical (unpaired) electrons. The number of carbonyl (C=O) groups excluding carboxylic acids is 1. The quantitative estimate of drug-likeness (QED) is 0.690. The molecule has 0 bridgehead atoms. The number of benzene rings is 1. The number of esters is 1. The lowest BCUT2D eigenvalue weighted by molar-refractivity contribution is 0.0478. The van der Waals surface area contributed by atoms with Crippen LogP contribution in [0.1, 0.15) is 27.7 Å². The predicted molar refractivity (Wildman–Crippen MR) is 89.9 cm³/mol. The van der Waals surface area contributed by atoms with Crippen molar-refractivity contribution >= 4 is 27.5 Å². The van der Waals surface area contributed by atoms with Crippen molar-refractivity contribution in [2.45, 2.75) is 27.0 Å². The first kappa shape index (κ1) is 15.4. The molecule has 2 heterocycles. The van der Waals surface area contributed by atoms with E-state index in [0.29, 0.717) is 27.2 Å². The minimum absolute atomic E-state index is 0.117. The van der Waals surface area contributed by atoms with Crippen LogP contribution in [0, 0.1) is 6.92 Å². The Labute approximate surface area is 137 Å². The van der Waals surface area contributed by atoms with Crippen molar-refractivity contribution in [2.24, 2.45) is 0 Å². The molecule has 0 aliphatic heterocycles.